The van der Waals surface area contributed by atoms with E-state index in [0.29, 0.717) is 50.6 Å². The number of aliphatic imine (C=N–C) groups is 3. The van der Waals surface area contributed by atoms with E-state index in [0.717, 1.165) is 62.6 Å². The molecular formula is C46H28N4NiO2. The maximum absolute atomic E-state index is 12.9. The van der Waals surface area contributed by atoms with Crippen LogP contribution >= 0.6 is 0 Å². The Bertz CT molecular complexity index is 2710. The van der Waals surface area contributed by atoms with Crippen LogP contribution in [0, 0.1) is 0 Å². The van der Waals surface area contributed by atoms with E-state index in [2.05, 4.69) is 12.1 Å². The minimum Gasteiger partial charge on any atom is -0.877 e. The molecule has 0 fully saturated rings. The zero-order valence-corrected chi connectivity index (χ0v) is 29.1. The molecule has 8 bridgehead atoms. The van der Waals surface area contributed by atoms with Gasteiger partial charge in [0.15, 0.2) is 6.29 Å². The first kappa shape index (κ1) is 33.5. The fraction of sp³-hybridized carbons (Fsp3) is 0. The van der Waals surface area contributed by atoms with Crippen molar-refractivity contribution in [3.05, 3.63) is 225 Å². The first-order chi connectivity index (χ1) is 25.7. The van der Waals surface area contributed by atoms with Crippen molar-refractivity contribution in [3.8, 4) is 0 Å². The number of carbonyl (C=O) groups is 1. The quantitative estimate of drug-likeness (QED) is 0.126. The van der Waals surface area contributed by atoms with Crippen LogP contribution in [0.15, 0.2) is 207 Å². The van der Waals surface area contributed by atoms with E-state index in [1.165, 1.54) is 0 Å². The number of nitrogens with zero attached hydrogens (tertiary/aromatic N) is 4. The molecule has 0 saturated heterocycles. The molecule has 0 spiro atoms. The molecular weight excluding hydrogens is 699 g/mol. The third-order valence-electron chi connectivity index (χ3n) is 9.39. The maximum atomic E-state index is 12.9. The van der Waals surface area contributed by atoms with Gasteiger partial charge in [0.1, 0.15) is 0 Å². The van der Waals surface area contributed by atoms with Crippen LogP contribution in [0.3, 0.4) is 0 Å². The summed E-state index contributed by atoms with van der Waals surface area (Å²) in [6.45, 7) is 0. The Morgan fingerprint density at radius 2 is 1.04 bits per heavy atom. The maximum Gasteiger partial charge on any atom is 2.00 e. The van der Waals surface area contributed by atoms with Crippen molar-refractivity contribution in [2.45, 2.75) is 0 Å². The van der Waals surface area contributed by atoms with E-state index in [1.54, 1.807) is 12.2 Å². The van der Waals surface area contributed by atoms with Crippen LogP contribution in [0.25, 0.3) is 22.3 Å². The van der Waals surface area contributed by atoms with Crippen LogP contribution in [0.1, 0.15) is 22.3 Å². The Kier molecular flexibility index (Phi) is 8.93. The van der Waals surface area contributed by atoms with Crippen molar-refractivity contribution in [2.24, 2.45) is 15.0 Å². The van der Waals surface area contributed by atoms with Gasteiger partial charge in [-0.25, -0.2) is 15.0 Å². The number of fused-ring (bicyclic) bond motifs is 5. The van der Waals surface area contributed by atoms with Gasteiger partial charge in [-0.3, -0.25) is 4.79 Å². The minimum absolute atomic E-state index is 0. The van der Waals surface area contributed by atoms with E-state index < -0.39 is 0 Å². The van der Waals surface area contributed by atoms with Crippen LogP contribution in [-0.2, 0) is 21.3 Å². The van der Waals surface area contributed by atoms with E-state index in [-0.39, 0.29) is 16.5 Å². The Labute approximate surface area is 316 Å². The number of carbonyl (C=O) groups excluding carboxylic acids is 1. The SMILES string of the molecule is O=CC1=CC2=NC1=C(c1ccccc1)C1=NC(=C/C1=C\[O-])C(c1ccccc1)=C1C=CC(=N1)C(c1ccccc1)=c1ccc([n-]1)=C2c1ccccc1.[Ni+2]. The largest absolute Gasteiger partial charge is 2.00 e. The first-order valence-corrected chi connectivity index (χ1v) is 17.0. The third-order valence-corrected chi connectivity index (χ3v) is 9.39. The molecule has 6 nitrogen and oxygen atoms in total. The summed E-state index contributed by atoms with van der Waals surface area (Å²) in [6, 6.07) is 43.7. The molecule has 4 aromatic carbocycles. The number of hydrogen-bond acceptors (Lipinski definition) is 5. The molecule has 0 radical (unpaired) electrons. The Balaban J connectivity index is 0.00000400. The van der Waals surface area contributed by atoms with Gasteiger partial charge in [0.2, 0.25) is 0 Å². The molecule has 4 aliphatic rings. The standard InChI is InChI=1S/C46H30N4O2.Ni/c51-27-33-25-39-42(30-15-7-2-8-16-30)37-23-21-35(47-37)41(29-13-5-1-6-14-29)36-22-24-38(48-36)43(31-17-9-3-10-18-31)40-26-34(28-52)46(50-40)44(45(33)49-39)32-19-11-4-12-20-32;/h1-28H,(H2,47,48,49,50,51,52);/q;+2/p-2. The second-order valence-corrected chi connectivity index (χ2v) is 12.5. The first-order valence-electron chi connectivity index (χ1n) is 17.0. The number of rotatable bonds is 5. The molecule has 254 valence electrons. The molecule has 0 unspecified atom stereocenters. The van der Waals surface area contributed by atoms with E-state index >= 15 is 0 Å². The van der Waals surface area contributed by atoms with Gasteiger partial charge >= 0.3 is 16.5 Å². The third kappa shape index (κ3) is 5.97. The number of aldehydes is 1. The van der Waals surface area contributed by atoms with Gasteiger partial charge in [0.25, 0.3) is 0 Å². The van der Waals surface area contributed by atoms with Crippen molar-refractivity contribution < 1.29 is 26.4 Å². The normalized spacial score (nSPS) is 17.0. The number of aromatic nitrogens is 1. The molecule has 0 N–H and O–H groups in total. The van der Waals surface area contributed by atoms with Crippen molar-refractivity contribution in [3.63, 3.8) is 0 Å². The van der Waals surface area contributed by atoms with Gasteiger partial charge < -0.3 is 10.1 Å². The Morgan fingerprint density at radius 1 is 0.528 bits per heavy atom. The van der Waals surface area contributed by atoms with Crippen LogP contribution in [-0.4, -0.2) is 23.4 Å². The zero-order valence-electron chi connectivity index (χ0n) is 28.1. The molecule has 0 aliphatic carbocycles. The summed E-state index contributed by atoms with van der Waals surface area (Å²) in [5, 5.41) is 14.4. The van der Waals surface area contributed by atoms with E-state index in [4.69, 9.17) is 20.0 Å². The summed E-state index contributed by atoms with van der Waals surface area (Å²) < 4.78 is 0. The molecule has 0 amide bonds. The van der Waals surface area contributed by atoms with Crippen LogP contribution in [0.2, 0.25) is 0 Å². The average molecular weight is 727 g/mol. The number of hydrogen-bond donors (Lipinski definition) is 0. The second kappa shape index (κ2) is 14.1. The average Bonchev–Trinajstić information content (AvgIpc) is 4.03. The molecule has 9 rings (SSSR count). The van der Waals surface area contributed by atoms with Crippen LogP contribution in [0.4, 0.5) is 0 Å². The monoisotopic (exact) mass is 726 g/mol. The van der Waals surface area contributed by atoms with Gasteiger partial charge in [0.05, 0.1) is 34.2 Å². The minimum atomic E-state index is 0. The van der Waals surface area contributed by atoms with Gasteiger partial charge in [-0.1, -0.05) is 133 Å². The summed E-state index contributed by atoms with van der Waals surface area (Å²) in [5.74, 6) is 0. The van der Waals surface area contributed by atoms with Crippen molar-refractivity contribution in [1.29, 1.82) is 0 Å². The van der Waals surface area contributed by atoms with Crippen LogP contribution < -0.4 is 20.8 Å². The van der Waals surface area contributed by atoms with Gasteiger partial charge in [-0.15, -0.1) is 17.0 Å². The molecule has 5 aromatic rings. The Morgan fingerprint density at radius 3 is 1.57 bits per heavy atom. The van der Waals surface area contributed by atoms with Crippen molar-refractivity contribution in [2.75, 3.05) is 0 Å². The molecule has 53 heavy (non-hydrogen) atoms. The van der Waals surface area contributed by atoms with Crippen molar-refractivity contribution in [1.82, 2.24) is 4.98 Å². The topological polar surface area (TPSA) is 91.3 Å². The number of allylic oxidation sites excluding steroid dienone is 8. The zero-order chi connectivity index (χ0) is 35.0. The van der Waals surface area contributed by atoms with E-state index in [9.17, 15) is 9.90 Å². The summed E-state index contributed by atoms with van der Waals surface area (Å²) in [4.78, 5) is 33.9. The predicted octanol–water partition coefficient (Wildman–Crippen LogP) is 6.05. The summed E-state index contributed by atoms with van der Waals surface area (Å²) in [6.07, 6.45) is 9.25. The molecule has 7 heteroatoms. The Hall–Kier alpha value is -6.69. The second-order valence-electron chi connectivity index (χ2n) is 12.5. The molecule has 0 saturated carbocycles. The van der Waals surface area contributed by atoms with Crippen LogP contribution in [0.5, 0.6) is 0 Å². The predicted molar refractivity (Wildman–Crippen MR) is 205 cm³/mol. The molecule has 4 aliphatic heterocycles. The number of benzene rings is 4. The molecule has 1 aromatic heterocycles. The molecule has 5 heterocycles. The van der Waals surface area contributed by atoms with E-state index in [1.807, 2.05) is 133 Å². The fourth-order valence-corrected chi connectivity index (χ4v) is 7.07. The van der Waals surface area contributed by atoms with Gasteiger partial charge in [-0.05, 0) is 63.3 Å². The van der Waals surface area contributed by atoms with Gasteiger partial charge in [-0.2, -0.15) is 0 Å². The summed E-state index contributed by atoms with van der Waals surface area (Å²) in [7, 11) is 0. The molecule has 0 atom stereocenters. The fourth-order valence-electron chi connectivity index (χ4n) is 7.07. The summed E-state index contributed by atoms with van der Waals surface area (Å²) >= 11 is 0. The van der Waals surface area contributed by atoms with Gasteiger partial charge in [0, 0.05) is 16.7 Å². The smallest absolute Gasteiger partial charge is 0.877 e. The summed E-state index contributed by atoms with van der Waals surface area (Å²) in [5.41, 5.74) is 10.8. The van der Waals surface area contributed by atoms with Crippen molar-refractivity contribution >= 4 is 45.7 Å².